The van der Waals surface area contributed by atoms with Gasteiger partial charge < -0.3 is 20.9 Å². The van der Waals surface area contributed by atoms with Crippen molar-refractivity contribution in [2.45, 2.75) is 42.8 Å². The average molecular weight is 636 g/mol. The number of pyridine rings is 1. The molecule has 1 aliphatic heterocycles. The zero-order chi connectivity index (χ0) is 31.8. The van der Waals surface area contributed by atoms with Crippen LogP contribution in [0.5, 0.6) is 5.75 Å². The molecule has 1 aliphatic carbocycles. The van der Waals surface area contributed by atoms with Gasteiger partial charge >= 0.3 is 6.18 Å². The number of nitrogens with zero attached hydrogens (tertiary/aromatic N) is 3. The summed E-state index contributed by atoms with van der Waals surface area (Å²) in [6.07, 6.45) is -3.54. The summed E-state index contributed by atoms with van der Waals surface area (Å²) in [5.41, 5.74) is -0.859. The molecule has 15 heteroatoms. The first-order valence-corrected chi connectivity index (χ1v) is 13.6. The number of halogens is 6. The summed E-state index contributed by atoms with van der Waals surface area (Å²) in [5.74, 6) is -4.27. The second-order valence-electron chi connectivity index (χ2n) is 11.2. The van der Waals surface area contributed by atoms with E-state index >= 15 is 0 Å². The van der Waals surface area contributed by atoms with Gasteiger partial charge in [0.15, 0.2) is 0 Å². The predicted molar refractivity (Wildman–Crippen MR) is 147 cm³/mol. The zero-order valence-electron chi connectivity index (χ0n) is 22.8. The maximum Gasteiger partial charge on any atom is 0.424 e. The molecular formula is C29H23ClF5N5O4. The topological polar surface area (TPSA) is 132 Å². The number of alkyl halides is 4. The second-order valence-corrected chi connectivity index (χ2v) is 11.6. The van der Waals surface area contributed by atoms with Gasteiger partial charge in [-0.2, -0.15) is 18.3 Å². The van der Waals surface area contributed by atoms with Gasteiger partial charge in [-0.3, -0.25) is 9.59 Å². The Morgan fingerprint density at radius 1 is 1.18 bits per heavy atom. The van der Waals surface area contributed by atoms with Crippen LogP contribution in [0.2, 0.25) is 5.02 Å². The molecule has 0 saturated heterocycles. The number of hydrogen-bond acceptors (Lipinski definition) is 6. The van der Waals surface area contributed by atoms with Gasteiger partial charge in [0.1, 0.15) is 34.8 Å². The van der Waals surface area contributed by atoms with Crippen molar-refractivity contribution in [2.24, 2.45) is 5.73 Å². The summed E-state index contributed by atoms with van der Waals surface area (Å²) < 4.78 is 78.8. The minimum atomic E-state index is -5.40. The van der Waals surface area contributed by atoms with Crippen molar-refractivity contribution in [1.82, 2.24) is 20.1 Å². The Morgan fingerprint density at radius 3 is 2.48 bits per heavy atom. The predicted octanol–water partition coefficient (Wildman–Crippen LogP) is 4.62. The van der Waals surface area contributed by atoms with E-state index in [0.29, 0.717) is 0 Å². The summed E-state index contributed by atoms with van der Waals surface area (Å²) >= 11 is 6.25. The Kier molecular flexibility index (Phi) is 6.67. The van der Waals surface area contributed by atoms with Crippen LogP contribution in [0.4, 0.5) is 22.0 Å². The lowest BCUT2D eigenvalue weighted by Gasteiger charge is -2.31. The van der Waals surface area contributed by atoms with Gasteiger partial charge in [-0.05, 0) is 49.4 Å². The highest BCUT2D eigenvalue weighted by atomic mass is 35.5. The second kappa shape index (κ2) is 9.86. The number of carbonyl (C=O) groups excluding carboxylic acids is 2. The van der Waals surface area contributed by atoms with Gasteiger partial charge in [0.25, 0.3) is 5.91 Å². The molecule has 1 fully saturated rings. The molecule has 3 heterocycles. The van der Waals surface area contributed by atoms with E-state index in [-0.39, 0.29) is 63.5 Å². The van der Waals surface area contributed by atoms with E-state index in [1.165, 1.54) is 31.3 Å². The fraction of sp³-hybridized carbons (Fsp3) is 0.310. The number of carbonyl (C=O) groups is 2. The van der Waals surface area contributed by atoms with Crippen molar-refractivity contribution in [1.29, 1.82) is 0 Å². The van der Waals surface area contributed by atoms with Gasteiger partial charge in [-0.1, -0.05) is 11.6 Å². The van der Waals surface area contributed by atoms with E-state index in [4.69, 9.17) is 22.1 Å². The van der Waals surface area contributed by atoms with Gasteiger partial charge in [0.05, 0.1) is 17.3 Å². The third kappa shape index (κ3) is 4.72. The molecule has 0 spiro atoms. The lowest BCUT2D eigenvalue weighted by atomic mass is 9.81. The van der Waals surface area contributed by atoms with Crippen molar-refractivity contribution >= 4 is 34.3 Å². The molecule has 4 N–H and O–H groups in total. The Hall–Kier alpha value is -4.30. The van der Waals surface area contributed by atoms with E-state index in [1.807, 2.05) is 0 Å². The van der Waals surface area contributed by atoms with E-state index in [1.54, 1.807) is 0 Å². The zero-order valence-corrected chi connectivity index (χ0v) is 23.6. The quantitative estimate of drug-likeness (QED) is 0.254. The minimum absolute atomic E-state index is 0.0308. The number of ether oxygens (including phenoxy) is 1. The first-order chi connectivity index (χ1) is 20.6. The number of fused-ring (bicyclic) bond motifs is 2. The molecule has 0 bridgehead atoms. The van der Waals surface area contributed by atoms with Gasteiger partial charge in [-0.25, -0.2) is 18.4 Å². The van der Waals surface area contributed by atoms with Crippen LogP contribution in [0.1, 0.15) is 41.4 Å². The normalized spacial score (nSPS) is 20.1. The summed E-state index contributed by atoms with van der Waals surface area (Å²) in [7, 11) is 0. The fourth-order valence-electron chi connectivity index (χ4n) is 5.01. The minimum Gasteiger partial charge on any atom is -0.489 e. The Bertz CT molecular complexity index is 1840. The summed E-state index contributed by atoms with van der Waals surface area (Å²) in [5, 5.41) is 17.6. The maximum atomic E-state index is 14.6. The van der Waals surface area contributed by atoms with Crippen LogP contribution in [0.15, 0.2) is 48.7 Å². The summed E-state index contributed by atoms with van der Waals surface area (Å²) in [4.78, 5) is 29.5. The Balaban J connectivity index is 1.39. The van der Waals surface area contributed by atoms with Crippen LogP contribution in [0, 0.1) is 5.82 Å². The number of amides is 2. The number of benzene rings is 2. The van der Waals surface area contributed by atoms with Crippen LogP contribution < -0.4 is 15.8 Å². The highest BCUT2D eigenvalue weighted by Crippen LogP contribution is 2.48. The molecule has 6 rings (SSSR count). The van der Waals surface area contributed by atoms with Crippen molar-refractivity contribution < 1.29 is 41.4 Å². The molecule has 0 unspecified atom stereocenters. The maximum absolute atomic E-state index is 14.6. The number of aromatic nitrogens is 3. The molecule has 2 amide bonds. The van der Waals surface area contributed by atoms with E-state index in [0.717, 1.165) is 28.9 Å². The Labute approximate surface area is 250 Å². The molecule has 230 valence electrons. The molecule has 44 heavy (non-hydrogen) atoms. The van der Waals surface area contributed by atoms with Crippen molar-refractivity contribution in [2.75, 3.05) is 13.2 Å². The van der Waals surface area contributed by atoms with E-state index in [2.05, 4.69) is 15.4 Å². The van der Waals surface area contributed by atoms with E-state index < -0.39 is 52.9 Å². The number of aliphatic hydroxyl groups is 1. The molecular weight excluding hydrogens is 613 g/mol. The lowest BCUT2D eigenvalue weighted by molar-refractivity contribution is -0.265. The third-order valence-corrected chi connectivity index (χ3v) is 8.32. The highest BCUT2D eigenvalue weighted by Gasteiger charge is 2.58. The van der Waals surface area contributed by atoms with Crippen molar-refractivity contribution in [3.8, 4) is 17.0 Å². The molecule has 0 radical (unpaired) electrons. The van der Waals surface area contributed by atoms with Crippen LogP contribution in [-0.2, 0) is 21.6 Å². The van der Waals surface area contributed by atoms with Gasteiger partial charge in [0.2, 0.25) is 17.3 Å². The first-order valence-electron chi connectivity index (χ1n) is 13.3. The summed E-state index contributed by atoms with van der Waals surface area (Å²) in [6, 6.07) is 7.91. The SMILES string of the molecule is C[C@]1(C(N)=O)COc2c1cc([C@@](O)(CNC(=O)c1cc(Cl)c3nn(C4(F)CC4)cc3c1)C(F)(F)F)nc2-c1ccc(F)cc1. The summed E-state index contributed by atoms with van der Waals surface area (Å²) in [6.45, 7) is -0.355. The molecule has 2 atom stereocenters. The van der Waals surface area contributed by atoms with Crippen LogP contribution in [-0.4, -0.2) is 51.0 Å². The highest BCUT2D eigenvalue weighted by molar-refractivity contribution is 6.35. The number of nitrogens with one attached hydrogen (secondary N) is 1. The lowest BCUT2D eigenvalue weighted by Crippen LogP contribution is -2.51. The number of primary amides is 1. The van der Waals surface area contributed by atoms with Crippen molar-refractivity contribution in [3.05, 3.63) is 76.3 Å². The molecule has 2 aromatic heterocycles. The first kappa shape index (κ1) is 29.8. The molecule has 1 saturated carbocycles. The monoisotopic (exact) mass is 635 g/mol. The standard InChI is InChI=1S/C29H23ClF5N5O4/c1-26(25(36)42)13-44-23-18(26)10-20(38-22(23)14-2-4-17(31)5-3-14)28(43,29(33,34)35)12-37-24(41)15-8-16-11-40(27(32)6-7-27)39-21(16)19(30)9-15/h2-5,8-11,43H,6-7,12-13H2,1H3,(H2,36,42)(H,37,41)/t26-,28-/m0/s1. The van der Waals surface area contributed by atoms with Gasteiger partial charge in [-0.15, -0.1) is 0 Å². The Morgan fingerprint density at radius 2 is 1.86 bits per heavy atom. The molecule has 2 aliphatic rings. The smallest absolute Gasteiger partial charge is 0.424 e. The van der Waals surface area contributed by atoms with Crippen LogP contribution in [0.3, 0.4) is 0 Å². The largest absolute Gasteiger partial charge is 0.489 e. The fourth-order valence-corrected chi connectivity index (χ4v) is 5.27. The number of nitrogens with two attached hydrogens (primary N) is 1. The molecule has 2 aromatic carbocycles. The number of rotatable bonds is 7. The van der Waals surface area contributed by atoms with Gasteiger partial charge in [0, 0.05) is 41.1 Å². The average Bonchev–Trinajstić information content (AvgIpc) is 3.40. The number of hydrogen-bond donors (Lipinski definition) is 3. The molecule has 9 nitrogen and oxygen atoms in total. The van der Waals surface area contributed by atoms with Crippen LogP contribution >= 0.6 is 11.6 Å². The van der Waals surface area contributed by atoms with E-state index in [9.17, 15) is 36.6 Å². The molecule has 4 aromatic rings. The third-order valence-electron chi connectivity index (χ3n) is 8.03. The van der Waals surface area contributed by atoms with Crippen LogP contribution in [0.25, 0.3) is 22.2 Å². The van der Waals surface area contributed by atoms with Crippen molar-refractivity contribution in [3.63, 3.8) is 0 Å².